The Bertz CT molecular complexity index is 624. The van der Waals surface area contributed by atoms with Crippen LogP contribution in [-0.2, 0) is 4.79 Å². The first-order valence-electron chi connectivity index (χ1n) is 9.47. The number of nitrogens with zero attached hydrogens (tertiary/aromatic N) is 3. The fourth-order valence-corrected chi connectivity index (χ4v) is 5.01. The number of fused-ring (bicyclic) bond motifs is 1. The minimum absolute atomic E-state index is 0.0270. The highest BCUT2D eigenvalue weighted by Gasteiger charge is 2.46. The lowest BCUT2D eigenvalue weighted by molar-refractivity contribution is -0.132. The van der Waals surface area contributed by atoms with Crippen molar-refractivity contribution in [1.29, 1.82) is 0 Å². The van der Waals surface area contributed by atoms with Gasteiger partial charge in [-0.05, 0) is 56.8 Å². The van der Waals surface area contributed by atoms with E-state index in [-0.39, 0.29) is 17.9 Å². The number of carbonyl (C=O) groups excluding carboxylic acids is 2. The normalized spacial score (nSPS) is 29.9. The summed E-state index contributed by atoms with van der Waals surface area (Å²) in [6.45, 7) is 6.41. The van der Waals surface area contributed by atoms with Gasteiger partial charge in [-0.2, -0.15) is 0 Å². The van der Waals surface area contributed by atoms with Crippen molar-refractivity contribution in [2.24, 2.45) is 5.92 Å². The van der Waals surface area contributed by atoms with Gasteiger partial charge in [0, 0.05) is 38.6 Å². The number of likely N-dealkylation sites (tertiary alicyclic amines) is 3. The summed E-state index contributed by atoms with van der Waals surface area (Å²) in [6.07, 6.45) is 5.95. The van der Waals surface area contributed by atoms with Crippen LogP contribution in [0.15, 0.2) is 22.8 Å². The van der Waals surface area contributed by atoms with E-state index in [9.17, 15) is 9.59 Å². The number of rotatable bonds is 3. The molecule has 3 saturated heterocycles. The summed E-state index contributed by atoms with van der Waals surface area (Å²) in [5, 5.41) is 0. The molecule has 3 aliphatic heterocycles. The third kappa shape index (κ3) is 3.19. The fourth-order valence-electron chi connectivity index (χ4n) is 5.01. The van der Waals surface area contributed by atoms with Crippen LogP contribution in [0.5, 0.6) is 0 Å². The summed E-state index contributed by atoms with van der Waals surface area (Å²) in [4.78, 5) is 31.4. The number of amides is 2. The highest BCUT2D eigenvalue weighted by Crippen LogP contribution is 2.36. The molecule has 0 aliphatic carbocycles. The topological polar surface area (TPSA) is 57.0 Å². The van der Waals surface area contributed by atoms with E-state index in [1.54, 1.807) is 25.3 Å². The third-order valence-electron chi connectivity index (χ3n) is 6.07. The zero-order valence-electron chi connectivity index (χ0n) is 14.9. The predicted molar refractivity (Wildman–Crippen MR) is 93.1 cm³/mol. The van der Waals surface area contributed by atoms with Crippen LogP contribution in [0.25, 0.3) is 0 Å². The molecule has 3 atom stereocenters. The first-order chi connectivity index (χ1) is 12.1. The van der Waals surface area contributed by atoms with Crippen LogP contribution in [0.1, 0.15) is 43.2 Å². The number of carbonyl (C=O) groups is 2. The van der Waals surface area contributed by atoms with Crippen LogP contribution in [0.3, 0.4) is 0 Å². The average Bonchev–Trinajstić information content (AvgIpc) is 3.34. The van der Waals surface area contributed by atoms with Crippen molar-refractivity contribution in [2.45, 2.75) is 44.7 Å². The lowest BCUT2D eigenvalue weighted by Gasteiger charge is -2.38. The van der Waals surface area contributed by atoms with Crippen LogP contribution in [0, 0.1) is 5.92 Å². The Morgan fingerprint density at radius 1 is 1.24 bits per heavy atom. The quantitative estimate of drug-likeness (QED) is 0.839. The van der Waals surface area contributed by atoms with Crippen LogP contribution in [0.4, 0.5) is 0 Å². The maximum Gasteiger partial charge on any atom is 0.289 e. The van der Waals surface area contributed by atoms with Gasteiger partial charge in [-0.3, -0.25) is 9.59 Å². The van der Waals surface area contributed by atoms with Crippen molar-refractivity contribution in [1.82, 2.24) is 14.7 Å². The molecule has 0 spiro atoms. The van der Waals surface area contributed by atoms with Crippen molar-refractivity contribution in [3.05, 3.63) is 24.2 Å². The van der Waals surface area contributed by atoms with Gasteiger partial charge in [0.25, 0.3) is 5.91 Å². The van der Waals surface area contributed by atoms with Crippen LogP contribution >= 0.6 is 0 Å². The van der Waals surface area contributed by atoms with Crippen LogP contribution < -0.4 is 0 Å². The van der Waals surface area contributed by atoms with Crippen LogP contribution in [-0.4, -0.2) is 71.3 Å². The molecule has 0 radical (unpaired) electrons. The standard InChI is InChI=1S/C19H27N3O3/c1-14(23)22-16(13-20-7-2-3-8-20)11-15-12-21(9-6-17(15)22)19(24)18-5-4-10-25-18/h4-5,10,15-17H,2-3,6-9,11-13H2,1H3/t15-,16-,17+/m0/s1. The lowest BCUT2D eigenvalue weighted by atomic mass is 9.92. The number of hydrogen-bond acceptors (Lipinski definition) is 4. The number of furan rings is 1. The summed E-state index contributed by atoms with van der Waals surface area (Å²) in [5.74, 6) is 0.945. The molecule has 6 nitrogen and oxygen atoms in total. The summed E-state index contributed by atoms with van der Waals surface area (Å²) >= 11 is 0. The molecule has 4 rings (SSSR count). The molecule has 4 heterocycles. The van der Waals surface area contributed by atoms with Gasteiger partial charge in [0.15, 0.2) is 5.76 Å². The highest BCUT2D eigenvalue weighted by molar-refractivity contribution is 5.91. The van der Waals surface area contributed by atoms with Crippen molar-refractivity contribution in [2.75, 3.05) is 32.7 Å². The van der Waals surface area contributed by atoms with Crippen molar-refractivity contribution in [3.63, 3.8) is 0 Å². The van der Waals surface area contributed by atoms with E-state index in [1.165, 1.54) is 12.8 Å². The molecule has 1 aromatic heterocycles. The van der Waals surface area contributed by atoms with E-state index in [4.69, 9.17) is 4.42 Å². The Morgan fingerprint density at radius 3 is 2.72 bits per heavy atom. The van der Waals surface area contributed by atoms with Gasteiger partial charge in [0.2, 0.25) is 5.91 Å². The Labute approximate surface area is 148 Å². The van der Waals surface area contributed by atoms with E-state index in [2.05, 4.69) is 9.80 Å². The van der Waals surface area contributed by atoms with E-state index in [0.717, 1.165) is 39.0 Å². The molecule has 6 heteroatoms. The first-order valence-corrected chi connectivity index (χ1v) is 9.47. The molecule has 0 unspecified atom stereocenters. The van der Waals surface area contributed by atoms with Gasteiger partial charge in [0.1, 0.15) is 0 Å². The Hall–Kier alpha value is -1.82. The lowest BCUT2D eigenvalue weighted by Crippen LogP contribution is -2.51. The monoisotopic (exact) mass is 345 g/mol. The minimum Gasteiger partial charge on any atom is -0.459 e. The molecule has 2 amide bonds. The maximum absolute atomic E-state index is 12.6. The average molecular weight is 345 g/mol. The van der Waals surface area contributed by atoms with E-state index < -0.39 is 0 Å². The Kier molecular flexibility index (Phi) is 4.54. The van der Waals surface area contributed by atoms with Gasteiger partial charge in [0.05, 0.1) is 6.26 Å². The molecular formula is C19H27N3O3. The molecule has 0 saturated carbocycles. The van der Waals surface area contributed by atoms with Gasteiger partial charge in [-0.15, -0.1) is 0 Å². The zero-order chi connectivity index (χ0) is 17.4. The SMILES string of the molecule is CC(=O)N1[C@H](CN2CCCC2)C[C@H]2CN(C(=O)c3ccco3)CC[C@H]21. The smallest absolute Gasteiger partial charge is 0.289 e. The van der Waals surface area contributed by atoms with Crippen molar-refractivity contribution < 1.29 is 14.0 Å². The van der Waals surface area contributed by atoms with E-state index in [1.807, 2.05) is 4.90 Å². The zero-order valence-corrected chi connectivity index (χ0v) is 14.9. The van der Waals surface area contributed by atoms with Gasteiger partial charge < -0.3 is 19.1 Å². The Morgan fingerprint density at radius 2 is 2.04 bits per heavy atom. The van der Waals surface area contributed by atoms with Crippen molar-refractivity contribution >= 4 is 11.8 Å². The molecule has 0 bridgehead atoms. The van der Waals surface area contributed by atoms with Crippen molar-refractivity contribution in [3.8, 4) is 0 Å². The summed E-state index contributed by atoms with van der Waals surface area (Å²) < 4.78 is 5.27. The largest absolute Gasteiger partial charge is 0.459 e. The molecule has 25 heavy (non-hydrogen) atoms. The second-order valence-corrected chi connectivity index (χ2v) is 7.67. The molecule has 0 aromatic carbocycles. The third-order valence-corrected chi connectivity index (χ3v) is 6.07. The maximum atomic E-state index is 12.6. The first kappa shape index (κ1) is 16.6. The molecular weight excluding hydrogens is 318 g/mol. The van der Waals surface area contributed by atoms with Gasteiger partial charge in [-0.1, -0.05) is 0 Å². The fraction of sp³-hybridized carbons (Fsp3) is 0.684. The summed E-state index contributed by atoms with van der Waals surface area (Å²) in [5.41, 5.74) is 0. The predicted octanol–water partition coefficient (Wildman–Crippen LogP) is 1.83. The van der Waals surface area contributed by atoms with Gasteiger partial charge >= 0.3 is 0 Å². The molecule has 0 N–H and O–H groups in total. The highest BCUT2D eigenvalue weighted by atomic mass is 16.3. The number of piperidine rings is 1. The molecule has 136 valence electrons. The second kappa shape index (κ2) is 6.83. The minimum atomic E-state index is -0.0270. The van der Waals surface area contributed by atoms with E-state index >= 15 is 0 Å². The van der Waals surface area contributed by atoms with Crippen LogP contribution in [0.2, 0.25) is 0 Å². The molecule has 3 aliphatic rings. The molecule has 1 aromatic rings. The molecule has 3 fully saturated rings. The van der Waals surface area contributed by atoms with Gasteiger partial charge in [-0.25, -0.2) is 0 Å². The second-order valence-electron chi connectivity index (χ2n) is 7.67. The van der Waals surface area contributed by atoms with E-state index in [0.29, 0.717) is 24.3 Å². The summed E-state index contributed by atoms with van der Waals surface area (Å²) in [7, 11) is 0. The summed E-state index contributed by atoms with van der Waals surface area (Å²) in [6, 6.07) is 4.05. The Balaban J connectivity index is 1.45. The number of hydrogen-bond donors (Lipinski definition) is 0.